The fourth-order valence-electron chi connectivity index (χ4n) is 2.57. The second-order valence-corrected chi connectivity index (χ2v) is 4.88. The van der Waals surface area contributed by atoms with Gasteiger partial charge in [0.2, 0.25) is 0 Å². The smallest absolute Gasteiger partial charge is 0.147 e. The molecule has 100 valence electrons. The number of anilines is 1. The normalized spacial score (nSPS) is 19.8. The number of rotatable bonds is 5. The van der Waals surface area contributed by atoms with E-state index >= 15 is 0 Å². The lowest BCUT2D eigenvalue weighted by Gasteiger charge is -2.26. The number of hydrogen-bond acceptors (Lipinski definition) is 4. The molecular weight excluding hydrogens is 248 g/mol. The van der Waals surface area contributed by atoms with Crippen molar-refractivity contribution in [2.45, 2.75) is 32.2 Å². The number of nitrogens with zero attached hydrogens (tertiary/aromatic N) is 4. The van der Waals surface area contributed by atoms with Crippen LogP contribution in [0.25, 0.3) is 0 Å². The van der Waals surface area contributed by atoms with Gasteiger partial charge in [-0.2, -0.15) is 0 Å². The molecular formula is C13H21ClN4. The Morgan fingerprint density at radius 2 is 2.11 bits per heavy atom. The minimum absolute atomic E-state index is 0.426. The topological polar surface area (TPSA) is 32.3 Å². The lowest BCUT2D eigenvalue weighted by Crippen LogP contribution is -2.37. The molecule has 1 atom stereocenters. The first kappa shape index (κ1) is 13.6. The largest absolute Gasteiger partial charge is 0.354 e. The zero-order valence-corrected chi connectivity index (χ0v) is 11.9. The van der Waals surface area contributed by atoms with Crippen LogP contribution in [0.1, 0.15) is 26.0 Å². The van der Waals surface area contributed by atoms with E-state index in [-0.39, 0.29) is 0 Å². The Labute approximate surface area is 114 Å². The highest BCUT2D eigenvalue weighted by molar-refractivity contribution is 6.16. The van der Waals surface area contributed by atoms with E-state index in [4.69, 9.17) is 11.6 Å². The van der Waals surface area contributed by atoms with Gasteiger partial charge in [-0.15, -0.1) is 11.6 Å². The lowest BCUT2D eigenvalue weighted by molar-refractivity contribution is 0.232. The fraction of sp³-hybridized carbons (Fsp3) is 0.692. The summed E-state index contributed by atoms with van der Waals surface area (Å²) >= 11 is 5.72. The molecule has 4 nitrogen and oxygen atoms in total. The molecule has 0 aromatic carbocycles. The molecule has 1 unspecified atom stereocenters. The monoisotopic (exact) mass is 268 g/mol. The minimum atomic E-state index is 0.426. The molecule has 1 saturated heterocycles. The van der Waals surface area contributed by atoms with Crippen molar-refractivity contribution >= 4 is 17.4 Å². The van der Waals surface area contributed by atoms with Gasteiger partial charge in [-0.25, -0.2) is 4.98 Å². The molecule has 0 radical (unpaired) electrons. The highest BCUT2D eigenvalue weighted by Crippen LogP contribution is 2.20. The van der Waals surface area contributed by atoms with Gasteiger partial charge in [0.05, 0.1) is 24.0 Å². The van der Waals surface area contributed by atoms with Crippen molar-refractivity contribution in [3.8, 4) is 0 Å². The Bertz CT molecular complexity index is 364. The van der Waals surface area contributed by atoms with Gasteiger partial charge in [0.1, 0.15) is 5.82 Å². The van der Waals surface area contributed by atoms with E-state index in [9.17, 15) is 0 Å². The molecule has 0 bridgehead atoms. The van der Waals surface area contributed by atoms with Crippen molar-refractivity contribution in [2.75, 3.05) is 31.1 Å². The molecule has 0 aliphatic carbocycles. The van der Waals surface area contributed by atoms with Crippen molar-refractivity contribution in [3.63, 3.8) is 0 Å². The Morgan fingerprint density at radius 1 is 1.33 bits per heavy atom. The van der Waals surface area contributed by atoms with Crippen LogP contribution in [0, 0.1) is 0 Å². The average Bonchev–Trinajstić information content (AvgIpc) is 2.90. The predicted octanol–water partition coefficient (Wildman–Crippen LogP) is 2.14. The van der Waals surface area contributed by atoms with Gasteiger partial charge in [0.25, 0.3) is 0 Å². The molecule has 1 aromatic heterocycles. The number of aromatic nitrogens is 2. The summed E-state index contributed by atoms with van der Waals surface area (Å²) in [4.78, 5) is 13.6. The third-order valence-electron chi connectivity index (χ3n) is 3.64. The van der Waals surface area contributed by atoms with Gasteiger partial charge < -0.3 is 4.90 Å². The SMILES string of the molecule is CCN(CC)C1CCN(c2cnc(CCl)cn2)C1. The highest BCUT2D eigenvalue weighted by atomic mass is 35.5. The Balaban J connectivity index is 1.99. The number of likely N-dealkylation sites (N-methyl/N-ethyl adjacent to an activating group) is 1. The third-order valence-corrected chi connectivity index (χ3v) is 3.92. The van der Waals surface area contributed by atoms with E-state index < -0.39 is 0 Å². The van der Waals surface area contributed by atoms with Crippen LogP contribution in [0.3, 0.4) is 0 Å². The van der Waals surface area contributed by atoms with Crippen molar-refractivity contribution in [2.24, 2.45) is 0 Å². The van der Waals surface area contributed by atoms with Crippen LogP contribution in [0.15, 0.2) is 12.4 Å². The molecule has 1 aliphatic rings. The molecule has 5 heteroatoms. The molecule has 0 saturated carbocycles. The van der Waals surface area contributed by atoms with Crippen LogP contribution in [0.2, 0.25) is 0 Å². The van der Waals surface area contributed by atoms with Gasteiger partial charge in [0, 0.05) is 19.1 Å². The van der Waals surface area contributed by atoms with E-state index in [1.807, 2.05) is 6.20 Å². The summed E-state index contributed by atoms with van der Waals surface area (Å²) in [5.41, 5.74) is 0.833. The Morgan fingerprint density at radius 3 is 2.67 bits per heavy atom. The van der Waals surface area contributed by atoms with Crippen LogP contribution in [-0.2, 0) is 5.88 Å². The lowest BCUT2D eigenvalue weighted by atomic mass is 10.2. The van der Waals surface area contributed by atoms with Gasteiger partial charge in [-0.05, 0) is 19.5 Å². The Hall–Kier alpha value is -0.870. The van der Waals surface area contributed by atoms with E-state index in [0.29, 0.717) is 11.9 Å². The van der Waals surface area contributed by atoms with Gasteiger partial charge in [-0.1, -0.05) is 13.8 Å². The van der Waals surface area contributed by atoms with Crippen molar-refractivity contribution in [1.82, 2.24) is 14.9 Å². The summed E-state index contributed by atoms with van der Waals surface area (Å²) < 4.78 is 0. The zero-order chi connectivity index (χ0) is 13.0. The van der Waals surface area contributed by atoms with Gasteiger partial charge >= 0.3 is 0 Å². The molecule has 1 aliphatic heterocycles. The molecule has 2 rings (SSSR count). The summed E-state index contributed by atoms with van der Waals surface area (Å²) in [6.45, 7) is 8.80. The van der Waals surface area contributed by atoms with Gasteiger partial charge in [-0.3, -0.25) is 9.88 Å². The summed E-state index contributed by atoms with van der Waals surface area (Å²) in [5.74, 6) is 1.40. The van der Waals surface area contributed by atoms with Crippen molar-refractivity contribution in [1.29, 1.82) is 0 Å². The Kier molecular flexibility index (Phi) is 4.78. The van der Waals surface area contributed by atoms with Crippen LogP contribution in [0.5, 0.6) is 0 Å². The molecule has 0 amide bonds. The fourth-order valence-corrected chi connectivity index (χ4v) is 2.71. The molecule has 1 fully saturated rings. The van der Waals surface area contributed by atoms with Crippen molar-refractivity contribution in [3.05, 3.63) is 18.1 Å². The number of alkyl halides is 1. The molecule has 2 heterocycles. The molecule has 1 aromatic rings. The molecule has 0 N–H and O–H groups in total. The van der Waals surface area contributed by atoms with Crippen LogP contribution >= 0.6 is 11.6 Å². The highest BCUT2D eigenvalue weighted by Gasteiger charge is 2.26. The molecule has 0 spiro atoms. The second kappa shape index (κ2) is 6.34. The first-order valence-corrected chi connectivity index (χ1v) is 7.17. The van der Waals surface area contributed by atoms with E-state index in [1.54, 1.807) is 6.20 Å². The summed E-state index contributed by atoms with van der Waals surface area (Å²) in [6, 6.07) is 0.648. The minimum Gasteiger partial charge on any atom is -0.354 e. The second-order valence-electron chi connectivity index (χ2n) is 4.61. The third kappa shape index (κ3) is 2.93. The van der Waals surface area contributed by atoms with E-state index in [0.717, 1.165) is 37.7 Å². The maximum Gasteiger partial charge on any atom is 0.147 e. The van der Waals surface area contributed by atoms with Crippen LogP contribution in [0.4, 0.5) is 5.82 Å². The van der Waals surface area contributed by atoms with E-state index in [1.165, 1.54) is 6.42 Å². The summed E-state index contributed by atoms with van der Waals surface area (Å²) in [5, 5.41) is 0. The summed E-state index contributed by atoms with van der Waals surface area (Å²) in [6.07, 6.45) is 4.82. The van der Waals surface area contributed by atoms with Gasteiger partial charge in [0.15, 0.2) is 0 Å². The first-order chi connectivity index (χ1) is 8.78. The predicted molar refractivity (Wildman–Crippen MR) is 75.1 cm³/mol. The van der Waals surface area contributed by atoms with Crippen LogP contribution < -0.4 is 4.90 Å². The van der Waals surface area contributed by atoms with Crippen molar-refractivity contribution < 1.29 is 0 Å². The zero-order valence-electron chi connectivity index (χ0n) is 11.1. The maximum absolute atomic E-state index is 5.72. The standard InChI is InChI=1S/C13H21ClN4/c1-3-17(4-2)12-5-6-18(10-12)13-9-15-11(7-14)8-16-13/h8-9,12H,3-7,10H2,1-2H3. The van der Waals surface area contributed by atoms with E-state index in [2.05, 4.69) is 33.6 Å². The van der Waals surface area contributed by atoms with Crippen LogP contribution in [-0.4, -0.2) is 47.1 Å². The first-order valence-electron chi connectivity index (χ1n) is 6.64. The number of halogens is 1. The quantitative estimate of drug-likeness (QED) is 0.766. The number of hydrogen-bond donors (Lipinski definition) is 0. The maximum atomic E-state index is 5.72. The summed E-state index contributed by atoms with van der Waals surface area (Å²) in [7, 11) is 0. The molecule has 18 heavy (non-hydrogen) atoms. The average molecular weight is 269 g/mol.